The summed E-state index contributed by atoms with van der Waals surface area (Å²) in [7, 11) is 3.98. The van der Waals surface area contributed by atoms with Crippen molar-refractivity contribution in [3.05, 3.63) is 30.5 Å². The molecule has 1 heterocycles. The quantitative estimate of drug-likeness (QED) is 0.811. The maximum Gasteiger partial charge on any atom is 0.189 e. The average molecular weight is 203 g/mol. The summed E-state index contributed by atoms with van der Waals surface area (Å²) in [6.45, 7) is 0. The Balaban J connectivity index is 2.46. The highest BCUT2D eigenvalue weighted by Crippen LogP contribution is 2.27. The maximum atomic E-state index is 5.73. The topological polar surface area (TPSA) is 55.3 Å². The molecule has 78 valence electrons. The lowest BCUT2D eigenvalue weighted by molar-refractivity contribution is 0.432. The monoisotopic (exact) mass is 203 g/mol. The zero-order valence-corrected chi connectivity index (χ0v) is 8.77. The number of hydrogen-bond donors (Lipinski definition) is 1. The molecular formula is C11H13N3O. The van der Waals surface area contributed by atoms with Gasteiger partial charge in [-0.15, -0.1) is 0 Å². The summed E-state index contributed by atoms with van der Waals surface area (Å²) in [5, 5.41) is 3.66. The van der Waals surface area contributed by atoms with Crippen molar-refractivity contribution < 1.29 is 4.52 Å². The first-order valence-corrected chi connectivity index (χ1v) is 4.66. The zero-order valence-electron chi connectivity index (χ0n) is 8.77. The number of nitrogens with zero attached hydrogens (tertiary/aromatic N) is 2. The molecule has 0 saturated heterocycles. The molecule has 0 aliphatic carbocycles. The van der Waals surface area contributed by atoms with Crippen LogP contribution in [0.4, 0.5) is 11.4 Å². The minimum atomic E-state index is 0.561. The molecular weight excluding hydrogens is 190 g/mol. The summed E-state index contributed by atoms with van der Waals surface area (Å²) in [4.78, 5) is 2.02. The summed E-state index contributed by atoms with van der Waals surface area (Å²) in [5.74, 6) is 0.624. The van der Waals surface area contributed by atoms with E-state index < -0.39 is 0 Å². The van der Waals surface area contributed by atoms with E-state index in [1.807, 2.05) is 43.3 Å². The minimum Gasteiger partial charge on any atom is -0.394 e. The summed E-state index contributed by atoms with van der Waals surface area (Å²) in [5.41, 5.74) is 8.33. The van der Waals surface area contributed by atoms with Gasteiger partial charge in [-0.05, 0) is 12.1 Å². The molecule has 2 aromatic rings. The molecule has 1 aromatic carbocycles. The summed E-state index contributed by atoms with van der Waals surface area (Å²) in [6.07, 6.45) is 1.51. The highest BCUT2D eigenvalue weighted by molar-refractivity contribution is 5.72. The van der Waals surface area contributed by atoms with Crippen molar-refractivity contribution in [1.29, 1.82) is 0 Å². The fourth-order valence-corrected chi connectivity index (χ4v) is 1.39. The molecule has 0 bridgehead atoms. The lowest BCUT2D eigenvalue weighted by Crippen LogP contribution is -2.08. The molecule has 0 radical (unpaired) electrons. The van der Waals surface area contributed by atoms with Crippen molar-refractivity contribution in [2.45, 2.75) is 0 Å². The van der Waals surface area contributed by atoms with Crippen LogP contribution in [-0.2, 0) is 0 Å². The molecule has 0 unspecified atom stereocenters. The number of nitrogen functional groups attached to an aromatic ring is 1. The van der Waals surface area contributed by atoms with Gasteiger partial charge in [0.25, 0.3) is 0 Å². The second-order valence-corrected chi connectivity index (χ2v) is 3.56. The summed E-state index contributed by atoms with van der Waals surface area (Å²) >= 11 is 0. The maximum absolute atomic E-state index is 5.73. The minimum absolute atomic E-state index is 0.561. The number of anilines is 2. The van der Waals surface area contributed by atoms with Crippen LogP contribution in [0.5, 0.6) is 0 Å². The van der Waals surface area contributed by atoms with E-state index in [1.54, 1.807) is 0 Å². The van der Waals surface area contributed by atoms with Gasteiger partial charge < -0.3 is 15.2 Å². The van der Waals surface area contributed by atoms with Gasteiger partial charge in [0.2, 0.25) is 0 Å². The fraction of sp³-hybridized carbons (Fsp3) is 0.182. The number of hydrogen-bond acceptors (Lipinski definition) is 4. The van der Waals surface area contributed by atoms with Crippen LogP contribution in [0.25, 0.3) is 11.3 Å². The van der Waals surface area contributed by atoms with Crippen LogP contribution >= 0.6 is 0 Å². The molecule has 2 rings (SSSR count). The fourth-order valence-electron chi connectivity index (χ4n) is 1.39. The standard InChI is InChI=1S/C11H13N3O/c1-14(2)9-5-3-4-8(6-9)11-10(12)7-13-15-11/h3-7H,12H2,1-2H3. The van der Waals surface area contributed by atoms with Crippen molar-refractivity contribution in [2.24, 2.45) is 0 Å². The Hall–Kier alpha value is -1.97. The molecule has 4 heteroatoms. The van der Waals surface area contributed by atoms with E-state index >= 15 is 0 Å². The first-order valence-electron chi connectivity index (χ1n) is 4.66. The first kappa shape index (κ1) is 9.58. The Morgan fingerprint density at radius 1 is 1.33 bits per heavy atom. The molecule has 2 N–H and O–H groups in total. The summed E-state index contributed by atoms with van der Waals surface area (Å²) < 4.78 is 5.09. The third-order valence-corrected chi connectivity index (χ3v) is 2.22. The van der Waals surface area contributed by atoms with Crippen LogP contribution in [0.3, 0.4) is 0 Å². The second kappa shape index (κ2) is 3.65. The van der Waals surface area contributed by atoms with E-state index in [4.69, 9.17) is 10.3 Å². The third-order valence-electron chi connectivity index (χ3n) is 2.22. The first-order chi connectivity index (χ1) is 7.18. The Morgan fingerprint density at radius 2 is 2.13 bits per heavy atom. The highest BCUT2D eigenvalue weighted by Gasteiger charge is 2.08. The van der Waals surface area contributed by atoms with Gasteiger partial charge in [0.15, 0.2) is 5.76 Å². The average Bonchev–Trinajstić information content (AvgIpc) is 2.64. The van der Waals surface area contributed by atoms with Gasteiger partial charge in [-0.2, -0.15) is 0 Å². The third kappa shape index (κ3) is 1.79. The molecule has 0 saturated carbocycles. The predicted molar refractivity (Wildman–Crippen MR) is 60.7 cm³/mol. The van der Waals surface area contributed by atoms with Gasteiger partial charge in [0, 0.05) is 25.3 Å². The molecule has 0 aliphatic heterocycles. The molecule has 15 heavy (non-hydrogen) atoms. The van der Waals surface area contributed by atoms with Gasteiger partial charge >= 0.3 is 0 Å². The van der Waals surface area contributed by atoms with E-state index in [-0.39, 0.29) is 0 Å². The molecule has 0 fully saturated rings. The van der Waals surface area contributed by atoms with E-state index in [2.05, 4.69) is 5.16 Å². The number of nitrogens with two attached hydrogens (primary N) is 1. The van der Waals surface area contributed by atoms with Crippen molar-refractivity contribution in [3.8, 4) is 11.3 Å². The molecule has 0 aliphatic rings. The Kier molecular flexibility index (Phi) is 2.33. The van der Waals surface area contributed by atoms with Crippen molar-refractivity contribution in [2.75, 3.05) is 24.7 Å². The smallest absolute Gasteiger partial charge is 0.189 e. The van der Waals surface area contributed by atoms with Crippen LogP contribution in [0.1, 0.15) is 0 Å². The molecule has 1 aromatic heterocycles. The van der Waals surface area contributed by atoms with E-state index in [0.717, 1.165) is 11.3 Å². The molecule has 0 spiro atoms. The summed E-state index contributed by atoms with van der Waals surface area (Å²) in [6, 6.07) is 7.95. The van der Waals surface area contributed by atoms with E-state index in [1.165, 1.54) is 6.20 Å². The Labute approximate surface area is 88.3 Å². The second-order valence-electron chi connectivity index (χ2n) is 3.56. The number of benzene rings is 1. The highest BCUT2D eigenvalue weighted by atomic mass is 16.5. The van der Waals surface area contributed by atoms with Crippen LogP contribution in [0.15, 0.2) is 35.0 Å². The van der Waals surface area contributed by atoms with Crippen molar-refractivity contribution >= 4 is 11.4 Å². The van der Waals surface area contributed by atoms with E-state index in [0.29, 0.717) is 11.4 Å². The lowest BCUT2D eigenvalue weighted by atomic mass is 10.1. The normalized spacial score (nSPS) is 10.3. The van der Waals surface area contributed by atoms with Crippen LogP contribution in [0.2, 0.25) is 0 Å². The van der Waals surface area contributed by atoms with Crippen molar-refractivity contribution in [3.63, 3.8) is 0 Å². The van der Waals surface area contributed by atoms with Gasteiger partial charge in [0.05, 0.1) is 6.20 Å². The number of rotatable bonds is 2. The number of aromatic nitrogens is 1. The zero-order chi connectivity index (χ0) is 10.8. The van der Waals surface area contributed by atoms with Gasteiger partial charge in [-0.3, -0.25) is 0 Å². The largest absolute Gasteiger partial charge is 0.394 e. The lowest BCUT2D eigenvalue weighted by Gasteiger charge is -2.12. The Morgan fingerprint density at radius 3 is 2.73 bits per heavy atom. The van der Waals surface area contributed by atoms with Crippen molar-refractivity contribution in [1.82, 2.24) is 5.16 Å². The predicted octanol–water partition coefficient (Wildman–Crippen LogP) is 1.99. The molecule has 4 nitrogen and oxygen atoms in total. The molecule has 0 amide bonds. The molecule has 0 atom stereocenters. The van der Waals surface area contributed by atoms with Gasteiger partial charge in [-0.1, -0.05) is 17.3 Å². The van der Waals surface area contributed by atoms with E-state index in [9.17, 15) is 0 Å². The SMILES string of the molecule is CN(C)c1cccc(-c2oncc2N)c1. The van der Waals surface area contributed by atoms with Crippen LogP contribution < -0.4 is 10.6 Å². The Bertz CT molecular complexity index is 462. The van der Waals surface area contributed by atoms with Gasteiger partial charge in [0.1, 0.15) is 5.69 Å². The van der Waals surface area contributed by atoms with Gasteiger partial charge in [-0.25, -0.2) is 0 Å². The van der Waals surface area contributed by atoms with Crippen LogP contribution in [0, 0.1) is 0 Å². The van der Waals surface area contributed by atoms with Crippen LogP contribution in [-0.4, -0.2) is 19.3 Å².